The molecule has 0 unspecified atom stereocenters. The van der Waals surface area contributed by atoms with Gasteiger partial charge in [0, 0.05) is 13.1 Å². The van der Waals surface area contributed by atoms with Crippen LogP contribution in [0.4, 0.5) is 16.2 Å². The highest BCUT2D eigenvalue weighted by molar-refractivity contribution is 5.71. The van der Waals surface area contributed by atoms with Crippen molar-refractivity contribution in [3.63, 3.8) is 0 Å². The summed E-state index contributed by atoms with van der Waals surface area (Å²) in [6.07, 6.45) is 2.93. The number of nitrogens with two attached hydrogens (primary N) is 1. The van der Waals surface area contributed by atoms with Gasteiger partial charge in [-0.05, 0) is 31.4 Å². The molecule has 1 aliphatic rings. The van der Waals surface area contributed by atoms with Crippen molar-refractivity contribution in [2.45, 2.75) is 19.3 Å². The van der Waals surface area contributed by atoms with Gasteiger partial charge in [0.25, 0.3) is 0 Å². The average Bonchev–Trinajstić information content (AvgIpc) is 2.38. The Labute approximate surface area is 100 Å². The molecule has 1 amide bonds. The van der Waals surface area contributed by atoms with Crippen molar-refractivity contribution in [3.05, 3.63) is 24.3 Å². The first kappa shape index (κ1) is 11.6. The number of para-hydroxylation sites is 2. The van der Waals surface area contributed by atoms with E-state index < -0.39 is 0 Å². The first-order chi connectivity index (χ1) is 8.27. The number of likely N-dealkylation sites (tertiary alicyclic amines) is 1. The quantitative estimate of drug-likeness (QED) is 0.609. The van der Waals surface area contributed by atoms with E-state index in [-0.39, 0.29) is 6.09 Å². The standard InChI is InChI=1S/C12H17N3O2/c13-10-6-2-3-7-11(10)14-17-12(16)15-8-4-1-5-9-15/h2-3,6-7,14H,1,4-5,8-9,13H2. The molecule has 0 atom stereocenters. The molecule has 5 nitrogen and oxygen atoms in total. The molecule has 5 heteroatoms. The maximum absolute atomic E-state index is 11.7. The number of carbonyl (C=O) groups excluding carboxylic acids is 1. The largest absolute Gasteiger partial charge is 0.434 e. The number of hydrogen-bond acceptors (Lipinski definition) is 4. The number of benzene rings is 1. The minimum Gasteiger partial charge on any atom is -0.397 e. The van der Waals surface area contributed by atoms with Gasteiger partial charge in [-0.25, -0.2) is 10.3 Å². The Kier molecular flexibility index (Phi) is 3.69. The van der Waals surface area contributed by atoms with Gasteiger partial charge in [-0.2, -0.15) is 0 Å². The molecular formula is C12H17N3O2. The zero-order valence-corrected chi connectivity index (χ0v) is 9.69. The number of nitrogens with zero attached hydrogens (tertiary/aromatic N) is 1. The molecule has 1 aromatic carbocycles. The molecule has 1 aromatic rings. The third-order valence-electron chi connectivity index (χ3n) is 2.82. The lowest BCUT2D eigenvalue weighted by molar-refractivity contribution is 0.114. The van der Waals surface area contributed by atoms with Crippen LogP contribution in [-0.2, 0) is 4.84 Å². The topological polar surface area (TPSA) is 67.6 Å². The summed E-state index contributed by atoms with van der Waals surface area (Å²) in [7, 11) is 0. The highest BCUT2D eigenvalue weighted by Crippen LogP contribution is 2.17. The maximum Gasteiger partial charge on any atom is 0.434 e. The van der Waals surface area contributed by atoms with E-state index in [9.17, 15) is 4.79 Å². The molecule has 0 aromatic heterocycles. The van der Waals surface area contributed by atoms with Crippen molar-refractivity contribution < 1.29 is 9.63 Å². The zero-order chi connectivity index (χ0) is 12.1. The van der Waals surface area contributed by atoms with Crippen LogP contribution in [0.25, 0.3) is 0 Å². The highest BCUT2D eigenvalue weighted by Gasteiger charge is 2.18. The third kappa shape index (κ3) is 3.03. The van der Waals surface area contributed by atoms with E-state index in [2.05, 4.69) is 5.48 Å². The molecule has 0 bridgehead atoms. The number of nitrogen functional groups attached to an aromatic ring is 1. The molecule has 0 saturated carbocycles. The molecule has 1 aliphatic heterocycles. The van der Waals surface area contributed by atoms with Crippen molar-refractivity contribution in [2.75, 3.05) is 24.3 Å². The summed E-state index contributed by atoms with van der Waals surface area (Å²) in [5.41, 5.74) is 9.48. The number of rotatable bonds is 2. The van der Waals surface area contributed by atoms with Gasteiger partial charge in [-0.3, -0.25) is 0 Å². The van der Waals surface area contributed by atoms with Gasteiger partial charge >= 0.3 is 6.09 Å². The summed E-state index contributed by atoms with van der Waals surface area (Å²) in [6, 6.07) is 7.16. The number of carbonyl (C=O) groups is 1. The summed E-state index contributed by atoms with van der Waals surface area (Å²) < 4.78 is 0. The van der Waals surface area contributed by atoms with E-state index in [0.29, 0.717) is 11.4 Å². The van der Waals surface area contributed by atoms with Crippen molar-refractivity contribution in [1.82, 2.24) is 4.90 Å². The second-order valence-electron chi connectivity index (χ2n) is 4.10. The summed E-state index contributed by atoms with van der Waals surface area (Å²) in [5, 5.41) is 0. The lowest BCUT2D eigenvalue weighted by Gasteiger charge is -2.25. The summed E-state index contributed by atoms with van der Waals surface area (Å²) in [6.45, 7) is 1.54. The van der Waals surface area contributed by atoms with E-state index in [1.807, 2.05) is 12.1 Å². The summed E-state index contributed by atoms with van der Waals surface area (Å²) in [5.74, 6) is 0. The average molecular weight is 235 g/mol. The summed E-state index contributed by atoms with van der Waals surface area (Å²) >= 11 is 0. The van der Waals surface area contributed by atoms with Crippen LogP contribution in [0.15, 0.2) is 24.3 Å². The van der Waals surface area contributed by atoms with E-state index >= 15 is 0 Å². The molecule has 0 radical (unpaired) electrons. The number of nitrogens with one attached hydrogen (secondary N) is 1. The predicted octanol–water partition coefficient (Wildman–Crippen LogP) is 2.22. The molecule has 1 saturated heterocycles. The Hall–Kier alpha value is -1.91. The van der Waals surface area contributed by atoms with Crippen molar-refractivity contribution in [1.29, 1.82) is 0 Å². The highest BCUT2D eigenvalue weighted by atomic mass is 16.7. The van der Waals surface area contributed by atoms with Gasteiger partial charge in [0.1, 0.15) is 0 Å². The third-order valence-corrected chi connectivity index (χ3v) is 2.82. The van der Waals surface area contributed by atoms with Crippen LogP contribution < -0.4 is 11.2 Å². The van der Waals surface area contributed by atoms with E-state index in [1.54, 1.807) is 17.0 Å². The molecule has 0 spiro atoms. The number of amides is 1. The first-order valence-corrected chi connectivity index (χ1v) is 5.83. The molecular weight excluding hydrogens is 218 g/mol. The second kappa shape index (κ2) is 5.43. The predicted molar refractivity (Wildman–Crippen MR) is 66.4 cm³/mol. The monoisotopic (exact) mass is 235 g/mol. The van der Waals surface area contributed by atoms with Gasteiger partial charge < -0.3 is 15.5 Å². The van der Waals surface area contributed by atoms with Crippen LogP contribution in [0.5, 0.6) is 0 Å². The van der Waals surface area contributed by atoms with Crippen molar-refractivity contribution in [3.8, 4) is 0 Å². The van der Waals surface area contributed by atoms with Gasteiger partial charge in [0.15, 0.2) is 0 Å². The van der Waals surface area contributed by atoms with Gasteiger partial charge in [0.2, 0.25) is 0 Å². The summed E-state index contributed by atoms with van der Waals surface area (Å²) in [4.78, 5) is 18.4. The van der Waals surface area contributed by atoms with Crippen LogP contribution in [-0.4, -0.2) is 24.1 Å². The van der Waals surface area contributed by atoms with E-state index in [4.69, 9.17) is 10.6 Å². The molecule has 1 fully saturated rings. The number of anilines is 2. The van der Waals surface area contributed by atoms with Crippen LogP contribution in [0.3, 0.4) is 0 Å². The molecule has 1 heterocycles. The fourth-order valence-electron chi connectivity index (χ4n) is 1.83. The molecule has 3 N–H and O–H groups in total. The van der Waals surface area contributed by atoms with Gasteiger partial charge in [0.05, 0.1) is 11.4 Å². The van der Waals surface area contributed by atoms with Crippen LogP contribution >= 0.6 is 0 Å². The van der Waals surface area contributed by atoms with Gasteiger partial charge in [-0.1, -0.05) is 12.1 Å². The Balaban J connectivity index is 1.85. The Morgan fingerprint density at radius 1 is 1.24 bits per heavy atom. The first-order valence-electron chi connectivity index (χ1n) is 5.83. The normalized spacial score (nSPS) is 15.4. The SMILES string of the molecule is Nc1ccccc1NOC(=O)N1CCCCC1. The molecule has 17 heavy (non-hydrogen) atoms. The smallest absolute Gasteiger partial charge is 0.397 e. The van der Waals surface area contributed by atoms with Crippen molar-refractivity contribution in [2.24, 2.45) is 0 Å². The molecule has 2 rings (SSSR count). The molecule has 92 valence electrons. The Morgan fingerprint density at radius 2 is 1.94 bits per heavy atom. The van der Waals surface area contributed by atoms with E-state index in [1.165, 1.54) is 6.42 Å². The minimum atomic E-state index is -0.340. The minimum absolute atomic E-state index is 0.340. The van der Waals surface area contributed by atoms with Gasteiger partial charge in [-0.15, -0.1) is 0 Å². The van der Waals surface area contributed by atoms with Crippen molar-refractivity contribution >= 4 is 17.5 Å². The van der Waals surface area contributed by atoms with Crippen LogP contribution in [0.1, 0.15) is 19.3 Å². The zero-order valence-electron chi connectivity index (χ0n) is 9.69. The maximum atomic E-state index is 11.7. The van der Waals surface area contributed by atoms with E-state index in [0.717, 1.165) is 25.9 Å². The van der Waals surface area contributed by atoms with Crippen LogP contribution in [0.2, 0.25) is 0 Å². The second-order valence-corrected chi connectivity index (χ2v) is 4.10. The lowest BCUT2D eigenvalue weighted by Crippen LogP contribution is -2.37. The Morgan fingerprint density at radius 3 is 2.65 bits per heavy atom. The fraction of sp³-hybridized carbons (Fsp3) is 0.417. The number of piperidine rings is 1. The lowest BCUT2D eigenvalue weighted by atomic mass is 10.1. The number of hydrogen-bond donors (Lipinski definition) is 2. The molecule has 0 aliphatic carbocycles. The fourth-order valence-corrected chi connectivity index (χ4v) is 1.83. The Bertz CT molecular complexity index is 389. The van der Waals surface area contributed by atoms with Crippen LogP contribution in [0, 0.1) is 0 Å².